The Balaban J connectivity index is 1.38. The van der Waals surface area contributed by atoms with Gasteiger partial charge in [0.25, 0.3) is 0 Å². The van der Waals surface area contributed by atoms with Gasteiger partial charge in [-0.3, -0.25) is 4.79 Å². The molecule has 0 saturated carbocycles. The molecule has 1 amide bonds. The number of fused-ring (bicyclic) bond motifs is 1. The lowest BCUT2D eigenvalue weighted by Crippen LogP contribution is -2.48. The monoisotopic (exact) mass is 331 g/mol. The lowest BCUT2D eigenvalue weighted by atomic mass is 10.1. The maximum Gasteiger partial charge on any atom is 0.222 e. The summed E-state index contributed by atoms with van der Waals surface area (Å²) in [4.78, 5) is 21.3. The van der Waals surface area contributed by atoms with Crippen LogP contribution in [0.4, 0.5) is 0 Å². The molecule has 23 heavy (non-hydrogen) atoms. The van der Waals surface area contributed by atoms with Crippen LogP contribution < -0.4 is 0 Å². The van der Waals surface area contributed by atoms with E-state index in [0.717, 1.165) is 57.5 Å². The third-order valence-electron chi connectivity index (χ3n) is 4.54. The molecule has 1 aromatic heterocycles. The summed E-state index contributed by atoms with van der Waals surface area (Å²) in [6.07, 6.45) is 3.66. The van der Waals surface area contributed by atoms with Crippen molar-refractivity contribution in [3.63, 3.8) is 0 Å². The molecule has 0 radical (unpaired) electrons. The Morgan fingerprint density at radius 2 is 1.96 bits per heavy atom. The number of para-hydroxylation sites is 1. The standard InChI is InChI=1S/C18H25N3OS/c1-2-20-11-13-21(14-12-20)18(22)10-6-5-9-17-19-15-7-3-4-8-16(15)23-17/h3-4,7-8H,2,5-6,9-14H2,1H3. The fourth-order valence-electron chi connectivity index (χ4n) is 3.05. The number of rotatable bonds is 6. The number of likely N-dealkylation sites (N-methyl/N-ethyl adjacent to an activating group) is 1. The fourth-order valence-corrected chi connectivity index (χ4v) is 4.06. The predicted octanol–water partition coefficient (Wildman–Crippen LogP) is 3.17. The molecule has 0 aliphatic carbocycles. The number of thiazole rings is 1. The van der Waals surface area contributed by atoms with E-state index >= 15 is 0 Å². The largest absolute Gasteiger partial charge is 0.340 e. The molecule has 2 heterocycles. The number of hydrogen-bond acceptors (Lipinski definition) is 4. The van der Waals surface area contributed by atoms with Crippen molar-refractivity contribution in [2.75, 3.05) is 32.7 Å². The van der Waals surface area contributed by atoms with Gasteiger partial charge in [-0.1, -0.05) is 19.1 Å². The normalized spacial score (nSPS) is 16.1. The van der Waals surface area contributed by atoms with Crippen LogP contribution in [-0.4, -0.2) is 53.4 Å². The van der Waals surface area contributed by atoms with Gasteiger partial charge in [0.2, 0.25) is 5.91 Å². The number of benzene rings is 1. The summed E-state index contributed by atoms with van der Waals surface area (Å²) >= 11 is 1.77. The lowest BCUT2D eigenvalue weighted by Gasteiger charge is -2.34. The van der Waals surface area contributed by atoms with Crippen LogP contribution >= 0.6 is 11.3 Å². The molecule has 124 valence electrons. The Labute approximate surface area is 142 Å². The molecule has 0 atom stereocenters. The van der Waals surface area contributed by atoms with Gasteiger partial charge in [-0.25, -0.2) is 4.98 Å². The molecule has 0 bridgehead atoms. The zero-order valence-electron chi connectivity index (χ0n) is 13.8. The number of aryl methyl sites for hydroxylation is 1. The molecule has 2 aromatic rings. The van der Waals surface area contributed by atoms with E-state index in [1.165, 1.54) is 9.71 Å². The summed E-state index contributed by atoms with van der Waals surface area (Å²) in [5.74, 6) is 0.324. The smallest absolute Gasteiger partial charge is 0.222 e. The number of aromatic nitrogens is 1. The van der Waals surface area contributed by atoms with Crippen LogP contribution in [0.15, 0.2) is 24.3 Å². The highest BCUT2D eigenvalue weighted by atomic mass is 32.1. The molecule has 3 rings (SSSR count). The van der Waals surface area contributed by atoms with Crippen LogP contribution in [-0.2, 0) is 11.2 Å². The van der Waals surface area contributed by atoms with Gasteiger partial charge in [-0.2, -0.15) is 0 Å². The van der Waals surface area contributed by atoms with Crippen LogP contribution in [0.2, 0.25) is 0 Å². The van der Waals surface area contributed by atoms with Crippen molar-refractivity contribution in [2.24, 2.45) is 0 Å². The maximum atomic E-state index is 12.2. The van der Waals surface area contributed by atoms with Crippen LogP contribution in [0.5, 0.6) is 0 Å². The SMILES string of the molecule is CCN1CCN(C(=O)CCCCc2nc3ccccc3s2)CC1. The van der Waals surface area contributed by atoms with Crippen molar-refractivity contribution in [3.8, 4) is 0 Å². The molecule has 1 saturated heterocycles. The summed E-state index contributed by atoms with van der Waals surface area (Å²) in [5, 5.41) is 1.19. The minimum atomic E-state index is 0.324. The quantitative estimate of drug-likeness (QED) is 0.763. The van der Waals surface area contributed by atoms with Crippen LogP contribution in [0, 0.1) is 0 Å². The van der Waals surface area contributed by atoms with E-state index in [0.29, 0.717) is 12.3 Å². The lowest BCUT2D eigenvalue weighted by molar-refractivity contribution is -0.133. The minimum absolute atomic E-state index is 0.324. The second-order valence-corrected chi connectivity index (χ2v) is 7.21. The maximum absolute atomic E-state index is 12.2. The summed E-state index contributed by atoms with van der Waals surface area (Å²) in [5.41, 5.74) is 1.09. The first-order chi connectivity index (χ1) is 11.3. The Kier molecular flexibility index (Phi) is 5.62. The van der Waals surface area contributed by atoms with Gasteiger partial charge >= 0.3 is 0 Å². The molecule has 1 aliphatic heterocycles. The number of piperazine rings is 1. The van der Waals surface area contributed by atoms with Crippen molar-refractivity contribution in [3.05, 3.63) is 29.3 Å². The second kappa shape index (κ2) is 7.88. The van der Waals surface area contributed by atoms with E-state index in [2.05, 4.69) is 35.0 Å². The molecule has 1 aromatic carbocycles. The van der Waals surface area contributed by atoms with Crippen molar-refractivity contribution >= 4 is 27.5 Å². The molecular weight excluding hydrogens is 306 g/mol. The van der Waals surface area contributed by atoms with E-state index < -0.39 is 0 Å². The fraction of sp³-hybridized carbons (Fsp3) is 0.556. The van der Waals surface area contributed by atoms with Gasteiger partial charge in [0, 0.05) is 32.6 Å². The summed E-state index contributed by atoms with van der Waals surface area (Å²) in [6, 6.07) is 8.27. The van der Waals surface area contributed by atoms with E-state index in [1.54, 1.807) is 11.3 Å². The van der Waals surface area contributed by atoms with Crippen molar-refractivity contribution < 1.29 is 4.79 Å². The average Bonchev–Trinajstić information content (AvgIpc) is 3.01. The van der Waals surface area contributed by atoms with Gasteiger partial charge in [-0.15, -0.1) is 11.3 Å². The van der Waals surface area contributed by atoms with Gasteiger partial charge in [-0.05, 0) is 37.9 Å². The zero-order valence-corrected chi connectivity index (χ0v) is 14.6. The van der Waals surface area contributed by atoms with Crippen LogP contribution in [0.25, 0.3) is 10.2 Å². The summed E-state index contributed by atoms with van der Waals surface area (Å²) in [6.45, 7) is 7.10. The van der Waals surface area contributed by atoms with E-state index in [4.69, 9.17) is 0 Å². The molecule has 0 spiro atoms. The molecule has 5 heteroatoms. The molecule has 4 nitrogen and oxygen atoms in total. The molecule has 0 N–H and O–H groups in total. The van der Waals surface area contributed by atoms with Crippen molar-refractivity contribution in [1.29, 1.82) is 0 Å². The van der Waals surface area contributed by atoms with E-state index in [-0.39, 0.29) is 0 Å². The first-order valence-corrected chi connectivity index (χ1v) is 9.42. The summed E-state index contributed by atoms with van der Waals surface area (Å²) < 4.78 is 1.26. The Hall–Kier alpha value is -1.46. The van der Waals surface area contributed by atoms with Crippen LogP contribution in [0.3, 0.4) is 0 Å². The number of hydrogen-bond donors (Lipinski definition) is 0. The predicted molar refractivity (Wildman–Crippen MR) is 95.9 cm³/mol. The highest BCUT2D eigenvalue weighted by Gasteiger charge is 2.19. The Morgan fingerprint density at radius 1 is 1.17 bits per heavy atom. The number of carbonyl (C=O) groups excluding carboxylic acids is 1. The number of amides is 1. The molecule has 1 fully saturated rings. The number of unbranched alkanes of at least 4 members (excludes halogenated alkanes) is 1. The van der Waals surface area contributed by atoms with Crippen molar-refractivity contribution in [1.82, 2.24) is 14.8 Å². The highest BCUT2D eigenvalue weighted by Crippen LogP contribution is 2.23. The first kappa shape index (κ1) is 16.4. The third-order valence-corrected chi connectivity index (χ3v) is 5.64. The van der Waals surface area contributed by atoms with E-state index in [9.17, 15) is 4.79 Å². The van der Waals surface area contributed by atoms with Gasteiger partial charge in [0.05, 0.1) is 15.2 Å². The van der Waals surface area contributed by atoms with Gasteiger partial charge in [0.1, 0.15) is 0 Å². The Morgan fingerprint density at radius 3 is 2.70 bits per heavy atom. The molecule has 0 unspecified atom stereocenters. The Bertz CT molecular complexity index is 614. The second-order valence-electron chi connectivity index (χ2n) is 6.10. The average molecular weight is 331 g/mol. The van der Waals surface area contributed by atoms with Gasteiger partial charge in [0.15, 0.2) is 0 Å². The third kappa shape index (κ3) is 4.30. The zero-order chi connectivity index (χ0) is 16.1. The topological polar surface area (TPSA) is 36.4 Å². The van der Waals surface area contributed by atoms with Crippen molar-refractivity contribution in [2.45, 2.75) is 32.6 Å². The molecular formula is C18H25N3OS. The summed E-state index contributed by atoms with van der Waals surface area (Å²) in [7, 11) is 0. The first-order valence-electron chi connectivity index (χ1n) is 8.61. The van der Waals surface area contributed by atoms with Gasteiger partial charge < -0.3 is 9.80 Å². The number of carbonyl (C=O) groups is 1. The van der Waals surface area contributed by atoms with Crippen LogP contribution in [0.1, 0.15) is 31.2 Å². The minimum Gasteiger partial charge on any atom is -0.340 e. The number of nitrogens with zero attached hydrogens (tertiary/aromatic N) is 3. The molecule has 1 aliphatic rings. The highest BCUT2D eigenvalue weighted by molar-refractivity contribution is 7.18. The van der Waals surface area contributed by atoms with E-state index in [1.807, 2.05) is 11.0 Å².